The first-order valence-corrected chi connectivity index (χ1v) is 9.33. The Balaban J connectivity index is 0.00000338. The number of carbonyl (C=O) groups is 1. The van der Waals surface area contributed by atoms with Crippen LogP contribution in [0.25, 0.3) is 0 Å². The molecule has 0 radical (unpaired) electrons. The van der Waals surface area contributed by atoms with E-state index in [1.807, 2.05) is 0 Å². The molecular formula is C18H24ClN3O3S. The summed E-state index contributed by atoms with van der Waals surface area (Å²) in [6, 6.07) is 13.1. The van der Waals surface area contributed by atoms with Crippen LogP contribution in [0.4, 0.5) is 5.69 Å². The molecule has 0 aliphatic carbocycles. The van der Waals surface area contributed by atoms with Gasteiger partial charge in [-0.3, -0.25) is 4.79 Å². The second-order valence-corrected chi connectivity index (χ2v) is 8.42. The SMILES string of the molecule is CC(C)(C)NS(=O)(=O)c1cccc(NC(=O)c2ccc(CN)cc2)c1.Cl. The third-order valence-electron chi connectivity index (χ3n) is 3.29. The van der Waals surface area contributed by atoms with E-state index in [4.69, 9.17) is 5.73 Å². The van der Waals surface area contributed by atoms with Gasteiger partial charge in [-0.25, -0.2) is 13.1 Å². The number of hydrogen-bond donors (Lipinski definition) is 3. The van der Waals surface area contributed by atoms with E-state index < -0.39 is 15.6 Å². The molecule has 0 saturated heterocycles. The molecule has 0 unspecified atom stereocenters. The predicted octanol–water partition coefficient (Wildman–Crippen LogP) is 2.90. The molecule has 0 atom stereocenters. The van der Waals surface area contributed by atoms with Crippen molar-refractivity contribution < 1.29 is 13.2 Å². The lowest BCUT2D eigenvalue weighted by Crippen LogP contribution is -2.40. The first kappa shape index (κ1) is 22.1. The van der Waals surface area contributed by atoms with Crippen LogP contribution in [0.15, 0.2) is 53.4 Å². The highest BCUT2D eigenvalue weighted by molar-refractivity contribution is 7.89. The van der Waals surface area contributed by atoms with Crippen LogP contribution in [0.2, 0.25) is 0 Å². The number of nitrogens with two attached hydrogens (primary N) is 1. The largest absolute Gasteiger partial charge is 0.326 e. The van der Waals surface area contributed by atoms with Crippen molar-refractivity contribution in [2.24, 2.45) is 5.73 Å². The van der Waals surface area contributed by atoms with Gasteiger partial charge in [0.1, 0.15) is 0 Å². The molecule has 0 heterocycles. The number of amides is 1. The van der Waals surface area contributed by atoms with E-state index in [0.717, 1.165) is 5.56 Å². The van der Waals surface area contributed by atoms with Crippen LogP contribution in [-0.4, -0.2) is 19.9 Å². The maximum atomic E-state index is 12.4. The molecule has 142 valence electrons. The summed E-state index contributed by atoms with van der Waals surface area (Å²) in [7, 11) is -3.67. The minimum absolute atomic E-state index is 0. The van der Waals surface area contributed by atoms with Crippen LogP contribution >= 0.6 is 12.4 Å². The summed E-state index contributed by atoms with van der Waals surface area (Å²) >= 11 is 0. The summed E-state index contributed by atoms with van der Waals surface area (Å²) in [6.45, 7) is 5.70. The average Bonchev–Trinajstić information content (AvgIpc) is 2.53. The Morgan fingerprint density at radius 1 is 1.08 bits per heavy atom. The molecule has 0 aromatic heterocycles. The van der Waals surface area contributed by atoms with Gasteiger partial charge < -0.3 is 11.1 Å². The summed E-state index contributed by atoms with van der Waals surface area (Å²) < 4.78 is 27.4. The lowest BCUT2D eigenvalue weighted by atomic mass is 10.1. The van der Waals surface area contributed by atoms with Gasteiger partial charge in [0.2, 0.25) is 10.0 Å². The van der Waals surface area contributed by atoms with E-state index >= 15 is 0 Å². The van der Waals surface area contributed by atoms with Crippen molar-refractivity contribution in [1.29, 1.82) is 0 Å². The Hall–Kier alpha value is -1.93. The number of rotatable bonds is 5. The van der Waals surface area contributed by atoms with Crippen molar-refractivity contribution in [2.45, 2.75) is 37.8 Å². The van der Waals surface area contributed by atoms with Crippen LogP contribution in [0.5, 0.6) is 0 Å². The van der Waals surface area contributed by atoms with E-state index in [1.165, 1.54) is 12.1 Å². The van der Waals surface area contributed by atoms with E-state index in [-0.39, 0.29) is 23.2 Å². The molecule has 26 heavy (non-hydrogen) atoms. The Labute approximate surface area is 160 Å². The smallest absolute Gasteiger partial charge is 0.255 e. The molecule has 1 amide bonds. The molecule has 0 aliphatic rings. The number of nitrogens with one attached hydrogen (secondary N) is 2. The Kier molecular flexibility index (Phi) is 7.35. The minimum Gasteiger partial charge on any atom is -0.326 e. The topological polar surface area (TPSA) is 101 Å². The molecule has 0 saturated carbocycles. The first-order valence-electron chi connectivity index (χ1n) is 7.85. The van der Waals surface area contributed by atoms with Gasteiger partial charge in [0.05, 0.1) is 4.90 Å². The monoisotopic (exact) mass is 397 g/mol. The molecule has 0 spiro atoms. The normalized spacial score (nSPS) is 11.5. The fourth-order valence-electron chi connectivity index (χ4n) is 2.20. The quantitative estimate of drug-likeness (QED) is 0.721. The van der Waals surface area contributed by atoms with Gasteiger partial charge >= 0.3 is 0 Å². The lowest BCUT2D eigenvalue weighted by Gasteiger charge is -2.20. The highest BCUT2D eigenvalue weighted by atomic mass is 35.5. The number of sulfonamides is 1. The van der Waals surface area contributed by atoms with E-state index in [0.29, 0.717) is 17.8 Å². The molecule has 2 rings (SSSR count). The van der Waals surface area contributed by atoms with Gasteiger partial charge in [0.15, 0.2) is 0 Å². The standard InChI is InChI=1S/C18H23N3O3S.ClH/c1-18(2,3)21-25(23,24)16-6-4-5-15(11-16)20-17(22)14-9-7-13(12-19)8-10-14;/h4-11,21H,12,19H2,1-3H3,(H,20,22);1H. The molecule has 4 N–H and O–H groups in total. The highest BCUT2D eigenvalue weighted by Gasteiger charge is 2.22. The Morgan fingerprint density at radius 2 is 1.69 bits per heavy atom. The van der Waals surface area contributed by atoms with E-state index in [9.17, 15) is 13.2 Å². The first-order chi connectivity index (χ1) is 11.6. The summed E-state index contributed by atoms with van der Waals surface area (Å²) in [5.74, 6) is -0.318. The zero-order chi connectivity index (χ0) is 18.7. The third-order valence-corrected chi connectivity index (χ3v) is 5.05. The van der Waals surface area contributed by atoms with Gasteiger partial charge in [-0.15, -0.1) is 12.4 Å². The summed E-state index contributed by atoms with van der Waals surface area (Å²) in [5.41, 5.74) is 6.75. The number of anilines is 1. The Bertz CT molecular complexity index is 860. The lowest BCUT2D eigenvalue weighted by molar-refractivity contribution is 0.102. The molecular weight excluding hydrogens is 374 g/mol. The molecule has 2 aromatic rings. The minimum atomic E-state index is -3.67. The van der Waals surface area contributed by atoms with Crippen LogP contribution in [0.3, 0.4) is 0 Å². The van der Waals surface area contributed by atoms with Crippen molar-refractivity contribution in [1.82, 2.24) is 4.72 Å². The predicted molar refractivity (Wildman–Crippen MR) is 106 cm³/mol. The summed E-state index contributed by atoms with van der Waals surface area (Å²) in [6.07, 6.45) is 0. The van der Waals surface area contributed by atoms with Gasteiger partial charge in [0, 0.05) is 23.3 Å². The van der Waals surface area contributed by atoms with Crippen molar-refractivity contribution in [3.05, 3.63) is 59.7 Å². The van der Waals surface area contributed by atoms with Gasteiger partial charge in [-0.2, -0.15) is 0 Å². The van der Waals surface area contributed by atoms with Crippen LogP contribution in [0, 0.1) is 0 Å². The number of carbonyl (C=O) groups excluding carboxylic acids is 1. The molecule has 8 heteroatoms. The van der Waals surface area contributed by atoms with Crippen molar-refractivity contribution in [3.63, 3.8) is 0 Å². The van der Waals surface area contributed by atoms with E-state index in [1.54, 1.807) is 57.2 Å². The Morgan fingerprint density at radius 3 is 2.23 bits per heavy atom. The fourth-order valence-corrected chi connectivity index (χ4v) is 3.66. The molecule has 2 aromatic carbocycles. The van der Waals surface area contributed by atoms with Crippen LogP contribution in [-0.2, 0) is 16.6 Å². The maximum absolute atomic E-state index is 12.4. The fraction of sp³-hybridized carbons (Fsp3) is 0.278. The zero-order valence-electron chi connectivity index (χ0n) is 14.9. The second kappa shape index (κ2) is 8.64. The van der Waals surface area contributed by atoms with Gasteiger partial charge in [-0.1, -0.05) is 18.2 Å². The highest BCUT2D eigenvalue weighted by Crippen LogP contribution is 2.18. The van der Waals surface area contributed by atoms with Crippen LogP contribution in [0.1, 0.15) is 36.7 Å². The van der Waals surface area contributed by atoms with E-state index in [2.05, 4.69) is 10.0 Å². The second-order valence-electron chi connectivity index (χ2n) is 6.74. The molecule has 0 bridgehead atoms. The van der Waals surface area contributed by atoms with Crippen LogP contribution < -0.4 is 15.8 Å². The van der Waals surface area contributed by atoms with Gasteiger partial charge in [0.25, 0.3) is 5.91 Å². The number of halogens is 1. The molecule has 6 nitrogen and oxygen atoms in total. The number of benzene rings is 2. The average molecular weight is 398 g/mol. The molecule has 0 fully saturated rings. The van der Waals surface area contributed by atoms with Crippen molar-refractivity contribution >= 4 is 34.0 Å². The van der Waals surface area contributed by atoms with Crippen molar-refractivity contribution in [2.75, 3.05) is 5.32 Å². The third kappa shape index (κ3) is 6.10. The summed E-state index contributed by atoms with van der Waals surface area (Å²) in [4.78, 5) is 12.4. The summed E-state index contributed by atoms with van der Waals surface area (Å²) in [5, 5.41) is 2.71. The number of hydrogen-bond acceptors (Lipinski definition) is 4. The maximum Gasteiger partial charge on any atom is 0.255 e. The van der Waals surface area contributed by atoms with Gasteiger partial charge in [-0.05, 0) is 56.7 Å². The van der Waals surface area contributed by atoms with Crippen molar-refractivity contribution in [3.8, 4) is 0 Å². The zero-order valence-corrected chi connectivity index (χ0v) is 16.6. The molecule has 0 aliphatic heterocycles.